The lowest BCUT2D eigenvalue weighted by atomic mass is 10.1. The summed E-state index contributed by atoms with van der Waals surface area (Å²) >= 11 is 0. The molecule has 5 nitrogen and oxygen atoms in total. The zero-order chi connectivity index (χ0) is 14.4. The Morgan fingerprint density at radius 3 is 2.32 bits per heavy atom. The van der Waals surface area contributed by atoms with Crippen molar-refractivity contribution in [1.29, 1.82) is 0 Å². The summed E-state index contributed by atoms with van der Waals surface area (Å²) in [6.07, 6.45) is 0.0531. The van der Waals surface area contributed by atoms with Gasteiger partial charge in [0.1, 0.15) is 5.82 Å². The second-order valence-electron chi connectivity index (χ2n) is 4.61. The van der Waals surface area contributed by atoms with Crippen LogP contribution in [-0.2, 0) is 16.0 Å². The molecule has 4 N–H and O–H groups in total. The van der Waals surface area contributed by atoms with E-state index in [-0.39, 0.29) is 18.2 Å². The summed E-state index contributed by atoms with van der Waals surface area (Å²) < 4.78 is 12.7. The van der Waals surface area contributed by atoms with Crippen molar-refractivity contribution in [3.8, 4) is 0 Å². The molecule has 0 spiro atoms. The van der Waals surface area contributed by atoms with E-state index in [1.807, 2.05) is 13.8 Å². The minimum atomic E-state index is -0.675. The molecule has 0 aromatic heterocycles. The van der Waals surface area contributed by atoms with Gasteiger partial charge in [-0.3, -0.25) is 20.4 Å². The SMILES string of the molecule is CC(C)C(N)C(=O)NNC(=O)Cc1ccc(F)cc1. The normalized spacial score (nSPS) is 12.1. The van der Waals surface area contributed by atoms with Crippen molar-refractivity contribution in [2.24, 2.45) is 11.7 Å². The standard InChI is InChI=1S/C13H18FN3O2/c1-8(2)12(15)13(19)17-16-11(18)7-9-3-5-10(14)6-4-9/h3-6,8,12H,7,15H2,1-2H3,(H,16,18)(H,17,19). The summed E-state index contributed by atoms with van der Waals surface area (Å²) in [6, 6.07) is 4.89. The molecule has 104 valence electrons. The quantitative estimate of drug-likeness (QED) is 0.694. The summed E-state index contributed by atoms with van der Waals surface area (Å²) in [7, 11) is 0. The van der Waals surface area contributed by atoms with Gasteiger partial charge in [0.05, 0.1) is 12.5 Å². The van der Waals surface area contributed by atoms with Crippen molar-refractivity contribution >= 4 is 11.8 Å². The van der Waals surface area contributed by atoms with Crippen molar-refractivity contribution < 1.29 is 14.0 Å². The van der Waals surface area contributed by atoms with Crippen molar-refractivity contribution in [3.05, 3.63) is 35.6 Å². The number of benzene rings is 1. The number of halogens is 1. The second-order valence-corrected chi connectivity index (χ2v) is 4.61. The van der Waals surface area contributed by atoms with Crippen LogP contribution >= 0.6 is 0 Å². The summed E-state index contributed by atoms with van der Waals surface area (Å²) in [5.74, 6) is -1.22. The van der Waals surface area contributed by atoms with Gasteiger partial charge < -0.3 is 5.73 Å². The van der Waals surface area contributed by atoms with Gasteiger partial charge in [0.15, 0.2) is 0 Å². The zero-order valence-electron chi connectivity index (χ0n) is 10.9. The first-order valence-corrected chi connectivity index (χ1v) is 5.99. The van der Waals surface area contributed by atoms with Crippen molar-refractivity contribution in [3.63, 3.8) is 0 Å². The second kappa shape index (κ2) is 6.84. The molecule has 0 radical (unpaired) electrons. The Morgan fingerprint density at radius 2 is 1.79 bits per heavy atom. The van der Waals surface area contributed by atoms with E-state index in [1.165, 1.54) is 24.3 Å². The number of amides is 2. The Balaban J connectivity index is 2.40. The van der Waals surface area contributed by atoms with Crippen LogP contribution in [0.3, 0.4) is 0 Å². The van der Waals surface area contributed by atoms with E-state index in [4.69, 9.17) is 5.73 Å². The lowest BCUT2D eigenvalue weighted by Crippen LogP contribution is -2.51. The molecule has 0 aliphatic carbocycles. The monoisotopic (exact) mass is 267 g/mol. The van der Waals surface area contributed by atoms with Crippen LogP contribution in [-0.4, -0.2) is 17.9 Å². The molecule has 0 heterocycles. The molecular weight excluding hydrogens is 249 g/mol. The van der Waals surface area contributed by atoms with Gasteiger partial charge in [0.25, 0.3) is 5.91 Å². The Bertz CT molecular complexity index is 446. The summed E-state index contributed by atoms with van der Waals surface area (Å²) in [5.41, 5.74) is 10.8. The highest BCUT2D eigenvalue weighted by Crippen LogP contribution is 2.03. The predicted molar refractivity (Wildman–Crippen MR) is 69.2 cm³/mol. The van der Waals surface area contributed by atoms with Crippen LogP contribution < -0.4 is 16.6 Å². The van der Waals surface area contributed by atoms with Gasteiger partial charge in [-0.1, -0.05) is 26.0 Å². The molecule has 1 aromatic rings. The molecule has 0 fully saturated rings. The fourth-order valence-electron chi connectivity index (χ4n) is 1.35. The summed E-state index contributed by atoms with van der Waals surface area (Å²) in [4.78, 5) is 23.0. The predicted octanol–water partition coefficient (Wildman–Crippen LogP) is 0.499. The molecule has 0 saturated heterocycles. The van der Waals surface area contributed by atoms with Crippen LogP contribution in [0.15, 0.2) is 24.3 Å². The van der Waals surface area contributed by atoms with Crippen LogP contribution in [0.1, 0.15) is 19.4 Å². The van der Waals surface area contributed by atoms with E-state index in [0.717, 1.165) is 0 Å². The highest BCUT2D eigenvalue weighted by atomic mass is 19.1. The molecule has 6 heteroatoms. The molecular formula is C13H18FN3O2. The zero-order valence-corrected chi connectivity index (χ0v) is 10.9. The minimum Gasteiger partial charge on any atom is -0.320 e. The van der Waals surface area contributed by atoms with Gasteiger partial charge in [0, 0.05) is 0 Å². The maximum absolute atomic E-state index is 12.7. The van der Waals surface area contributed by atoms with E-state index in [2.05, 4.69) is 10.9 Å². The van der Waals surface area contributed by atoms with Gasteiger partial charge in [-0.25, -0.2) is 4.39 Å². The molecule has 0 aliphatic heterocycles. The Labute approximate surface area is 111 Å². The number of nitrogens with two attached hydrogens (primary N) is 1. The number of hydrogen-bond donors (Lipinski definition) is 3. The first-order valence-electron chi connectivity index (χ1n) is 5.99. The third kappa shape index (κ3) is 5.05. The lowest BCUT2D eigenvalue weighted by Gasteiger charge is -2.15. The first kappa shape index (κ1) is 15.1. The van der Waals surface area contributed by atoms with Crippen LogP contribution in [0.5, 0.6) is 0 Å². The maximum atomic E-state index is 12.7. The van der Waals surface area contributed by atoms with Gasteiger partial charge in [-0.05, 0) is 23.6 Å². The molecule has 19 heavy (non-hydrogen) atoms. The average molecular weight is 267 g/mol. The fourth-order valence-corrected chi connectivity index (χ4v) is 1.35. The van der Waals surface area contributed by atoms with Crippen LogP contribution in [0.4, 0.5) is 4.39 Å². The van der Waals surface area contributed by atoms with Crippen molar-refractivity contribution in [2.75, 3.05) is 0 Å². The van der Waals surface area contributed by atoms with E-state index in [0.29, 0.717) is 5.56 Å². The molecule has 0 bridgehead atoms. The van der Waals surface area contributed by atoms with Crippen LogP contribution in [0.25, 0.3) is 0 Å². The molecule has 1 rings (SSSR count). The van der Waals surface area contributed by atoms with Crippen molar-refractivity contribution in [2.45, 2.75) is 26.3 Å². The molecule has 1 aromatic carbocycles. The van der Waals surface area contributed by atoms with Crippen LogP contribution in [0.2, 0.25) is 0 Å². The number of hydrazine groups is 1. The number of carbonyl (C=O) groups excluding carboxylic acids is 2. The highest BCUT2D eigenvalue weighted by Gasteiger charge is 2.17. The Morgan fingerprint density at radius 1 is 1.21 bits per heavy atom. The Hall–Kier alpha value is -1.95. The minimum absolute atomic E-state index is 0.0194. The average Bonchev–Trinajstić information content (AvgIpc) is 2.37. The number of hydrogen-bond acceptors (Lipinski definition) is 3. The summed E-state index contributed by atoms with van der Waals surface area (Å²) in [6.45, 7) is 3.62. The van der Waals surface area contributed by atoms with Gasteiger partial charge in [-0.2, -0.15) is 0 Å². The Kier molecular flexibility index (Phi) is 5.44. The van der Waals surface area contributed by atoms with Gasteiger partial charge in [0.2, 0.25) is 5.91 Å². The van der Waals surface area contributed by atoms with Crippen LogP contribution in [0, 0.1) is 11.7 Å². The number of carbonyl (C=O) groups is 2. The smallest absolute Gasteiger partial charge is 0.255 e. The van der Waals surface area contributed by atoms with E-state index >= 15 is 0 Å². The van der Waals surface area contributed by atoms with E-state index < -0.39 is 17.9 Å². The first-order chi connectivity index (χ1) is 8.90. The molecule has 1 unspecified atom stereocenters. The third-order valence-corrected chi connectivity index (χ3v) is 2.62. The maximum Gasteiger partial charge on any atom is 0.255 e. The fraction of sp³-hybridized carbons (Fsp3) is 0.385. The topological polar surface area (TPSA) is 84.2 Å². The summed E-state index contributed by atoms with van der Waals surface area (Å²) in [5, 5.41) is 0. The molecule has 0 saturated carbocycles. The van der Waals surface area contributed by atoms with E-state index in [9.17, 15) is 14.0 Å². The van der Waals surface area contributed by atoms with Gasteiger partial charge >= 0.3 is 0 Å². The molecule has 2 amide bonds. The van der Waals surface area contributed by atoms with Crippen molar-refractivity contribution in [1.82, 2.24) is 10.9 Å². The van der Waals surface area contributed by atoms with Gasteiger partial charge in [-0.15, -0.1) is 0 Å². The molecule has 0 aliphatic rings. The number of rotatable bonds is 4. The highest BCUT2D eigenvalue weighted by molar-refractivity contribution is 5.85. The largest absolute Gasteiger partial charge is 0.320 e. The van der Waals surface area contributed by atoms with E-state index in [1.54, 1.807) is 0 Å². The lowest BCUT2D eigenvalue weighted by molar-refractivity contribution is -0.129. The third-order valence-electron chi connectivity index (χ3n) is 2.62. The number of nitrogens with one attached hydrogen (secondary N) is 2. The molecule has 1 atom stereocenters.